The van der Waals surface area contributed by atoms with E-state index in [1.807, 2.05) is 26.0 Å². The van der Waals surface area contributed by atoms with Crippen LogP contribution in [0.3, 0.4) is 0 Å². The minimum Gasteiger partial charge on any atom is -0.484 e. The molecule has 2 amide bonds. The Labute approximate surface area is 179 Å². The summed E-state index contributed by atoms with van der Waals surface area (Å²) in [5.41, 5.74) is 0.927. The van der Waals surface area contributed by atoms with Gasteiger partial charge in [-0.3, -0.25) is 9.59 Å². The molecular formula is C23H25F3N2O3. The first-order valence-corrected chi connectivity index (χ1v) is 10.1. The van der Waals surface area contributed by atoms with Crippen LogP contribution in [0.25, 0.3) is 0 Å². The molecule has 0 radical (unpaired) electrons. The predicted molar refractivity (Wildman–Crippen MR) is 110 cm³/mol. The van der Waals surface area contributed by atoms with Gasteiger partial charge in [0, 0.05) is 19.1 Å². The number of ether oxygens (including phenoxy) is 1. The van der Waals surface area contributed by atoms with Gasteiger partial charge in [0.25, 0.3) is 11.8 Å². The van der Waals surface area contributed by atoms with Crippen molar-refractivity contribution < 1.29 is 27.5 Å². The molecular weight excluding hydrogens is 409 g/mol. The van der Waals surface area contributed by atoms with Crippen LogP contribution in [-0.4, -0.2) is 42.5 Å². The highest BCUT2D eigenvalue weighted by atomic mass is 19.4. The molecule has 1 saturated heterocycles. The van der Waals surface area contributed by atoms with Gasteiger partial charge >= 0.3 is 6.18 Å². The number of hydrogen-bond acceptors (Lipinski definition) is 3. The fraction of sp³-hybridized carbons (Fsp3) is 0.391. The molecule has 0 spiro atoms. The molecule has 0 aliphatic carbocycles. The molecule has 1 fully saturated rings. The third-order valence-electron chi connectivity index (χ3n) is 5.46. The Morgan fingerprint density at radius 2 is 1.74 bits per heavy atom. The van der Waals surface area contributed by atoms with E-state index in [9.17, 15) is 22.8 Å². The number of carbonyl (C=O) groups excluding carboxylic acids is 2. The van der Waals surface area contributed by atoms with Crippen molar-refractivity contribution in [2.75, 3.05) is 19.7 Å². The van der Waals surface area contributed by atoms with Crippen LogP contribution in [0.1, 0.15) is 39.9 Å². The molecule has 0 atom stereocenters. The summed E-state index contributed by atoms with van der Waals surface area (Å²) in [5, 5.41) is 2.87. The van der Waals surface area contributed by atoms with Crippen LogP contribution in [0.2, 0.25) is 0 Å². The first kappa shape index (κ1) is 22.7. The summed E-state index contributed by atoms with van der Waals surface area (Å²) in [6, 6.07) is 10.2. The zero-order chi connectivity index (χ0) is 22.6. The Balaban J connectivity index is 1.50. The highest BCUT2D eigenvalue weighted by Gasteiger charge is 2.36. The van der Waals surface area contributed by atoms with Gasteiger partial charge in [-0.1, -0.05) is 18.2 Å². The normalized spacial score (nSPS) is 14.9. The van der Waals surface area contributed by atoms with Crippen molar-refractivity contribution in [2.45, 2.75) is 38.9 Å². The number of carbonyl (C=O) groups is 2. The van der Waals surface area contributed by atoms with E-state index in [1.54, 1.807) is 6.07 Å². The second-order valence-electron chi connectivity index (χ2n) is 7.71. The summed E-state index contributed by atoms with van der Waals surface area (Å²) in [7, 11) is 0. The molecule has 8 heteroatoms. The maximum atomic E-state index is 13.2. The van der Waals surface area contributed by atoms with Gasteiger partial charge in [0.2, 0.25) is 0 Å². The minimum atomic E-state index is -4.59. The van der Waals surface area contributed by atoms with Gasteiger partial charge < -0.3 is 15.0 Å². The van der Waals surface area contributed by atoms with Gasteiger partial charge in [-0.2, -0.15) is 13.2 Å². The number of hydrogen-bond donors (Lipinski definition) is 1. The van der Waals surface area contributed by atoms with Gasteiger partial charge in [0.15, 0.2) is 6.61 Å². The fourth-order valence-corrected chi connectivity index (χ4v) is 3.54. The van der Waals surface area contributed by atoms with E-state index in [1.165, 1.54) is 23.1 Å². The van der Waals surface area contributed by atoms with Crippen LogP contribution in [0.5, 0.6) is 5.75 Å². The average molecular weight is 434 g/mol. The molecule has 0 unspecified atom stereocenters. The van der Waals surface area contributed by atoms with Gasteiger partial charge in [0.1, 0.15) is 5.75 Å². The maximum absolute atomic E-state index is 13.2. The molecule has 1 N–H and O–H groups in total. The smallest absolute Gasteiger partial charge is 0.417 e. The number of rotatable bonds is 5. The van der Waals surface area contributed by atoms with E-state index < -0.39 is 17.6 Å². The monoisotopic (exact) mass is 434 g/mol. The van der Waals surface area contributed by atoms with Crippen LogP contribution in [0, 0.1) is 13.8 Å². The number of nitrogens with zero attached hydrogens (tertiary/aromatic N) is 1. The molecule has 1 aliphatic heterocycles. The van der Waals surface area contributed by atoms with E-state index in [4.69, 9.17) is 4.74 Å². The lowest BCUT2D eigenvalue weighted by Crippen LogP contribution is -2.47. The third kappa shape index (κ3) is 5.77. The maximum Gasteiger partial charge on any atom is 0.417 e. The molecule has 2 aromatic carbocycles. The SMILES string of the molecule is Cc1ccc(OCC(=O)NC2CCN(C(=O)c3ccccc3C(F)(F)F)CC2)cc1C. The lowest BCUT2D eigenvalue weighted by Gasteiger charge is -2.33. The lowest BCUT2D eigenvalue weighted by atomic mass is 10.0. The molecule has 166 valence electrons. The van der Waals surface area contributed by atoms with Gasteiger partial charge in [0.05, 0.1) is 11.1 Å². The predicted octanol–water partition coefficient (Wildman–Crippen LogP) is 4.12. The summed E-state index contributed by atoms with van der Waals surface area (Å²) >= 11 is 0. The molecule has 0 bridgehead atoms. The Morgan fingerprint density at radius 1 is 1.06 bits per heavy atom. The van der Waals surface area contributed by atoms with E-state index in [-0.39, 0.29) is 37.2 Å². The summed E-state index contributed by atoms with van der Waals surface area (Å²) in [6.07, 6.45) is -3.65. The van der Waals surface area contributed by atoms with Crippen molar-refractivity contribution in [1.82, 2.24) is 10.2 Å². The first-order chi connectivity index (χ1) is 14.6. The van der Waals surface area contributed by atoms with Crippen LogP contribution in [0.4, 0.5) is 13.2 Å². The Morgan fingerprint density at radius 3 is 2.39 bits per heavy atom. The molecule has 1 heterocycles. The zero-order valence-electron chi connectivity index (χ0n) is 17.5. The zero-order valence-corrected chi connectivity index (χ0v) is 17.5. The van der Waals surface area contributed by atoms with Crippen LogP contribution < -0.4 is 10.1 Å². The molecule has 3 rings (SSSR count). The average Bonchev–Trinajstić information content (AvgIpc) is 2.74. The van der Waals surface area contributed by atoms with Gasteiger partial charge in [-0.15, -0.1) is 0 Å². The number of alkyl halides is 3. The summed E-state index contributed by atoms with van der Waals surface area (Å²) < 4.78 is 45.1. The van der Waals surface area contributed by atoms with Gasteiger partial charge in [-0.05, 0) is 62.1 Å². The molecule has 1 aliphatic rings. The van der Waals surface area contributed by atoms with Crippen molar-refractivity contribution in [2.24, 2.45) is 0 Å². The largest absolute Gasteiger partial charge is 0.484 e. The second kappa shape index (κ2) is 9.41. The highest BCUT2D eigenvalue weighted by Crippen LogP contribution is 2.32. The molecule has 2 aromatic rings. The number of likely N-dealkylation sites (tertiary alicyclic amines) is 1. The van der Waals surface area contributed by atoms with Crippen molar-refractivity contribution in [1.29, 1.82) is 0 Å². The number of benzene rings is 2. The number of aryl methyl sites for hydroxylation is 2. The quantitative estimate of drug-likeness (QED) is 0.770. The minimum absolute atomic E-state index is 0.124. The van der Waals surface area contributed by atoms with E-state index >= 15 is 0 Å². The second-order valence-corrected chi connectivity index (χ2v) is 7.71. The van der Waals surface area contributed by atoms with Crippen molar-refractivity contribution in [3.05, 3.63) is 64.7 Å². The molecule has 0 aromatic heterocycles. The Kier molecular flexibility index (Phi) is 6.87. The summed E-state index contributed by atoms with van der Waals surface area (Å²) in [4.78, 5) is 26.2. The topological polar surface area (TPSA) is 58.6 Å². The summed E-state index contributed by atoms with van der Waals surface area (Å²) in [6.45, 7) is 4.37. The van der Waals surface area contributed by atoms with Crippen molar-refractivity contribution in [3.63, 3.8) is 0 Å². The molecule has 0 saturated carbocycles. The van der Waals surface area contributed by atoms with Crippen LogP contribution in [0.15, 0.2) is 42.5 Å². The lowest BCUT2D eigenvalue weighted by molar-refractivity contribution is -0.138. The standard InChI is InChI=1S/C23H25F3N2O3/c1-15-7-8-18(13-16(15)2)31-14-21(29)27-17-9-11-28(12-10-17)22(30)19-5-3-4-6-20(19)23(24,25)26/h3-8,13,17H,9-12,14H2,1-2H3,(H,27,29). The van der Waals surface area contributed by atoms with E-state index in [0.717, 1.165) is 17.2 Å². The third-order valence-corrected chi connectivity index (χ3v) is 5.46. The number of nitrogens with one attached hydrogen (secondary N) is 1. The molecule has 5 nitrogen and oxygen atoms in total. The van der Waals surface area contributed by atoms with E-state index in [0.29, 0.717) is 18.6 Å². The molecule has 31 heavy (non-hydrogen) atoms. The Bertz CT molecular complexity index is 951. The van der Waals surface area contributed by atoms with E-state index in [2.05, 4.69) is 5.32 Å². The number of amides is 2. The Hall–Kier alpha value is -3.03. The fourth-order valence-electron chi connectivity index (χ4n) is 3.54. The number of halogens is 3. The highest BCUT2D eigenvalue weighted by molar-refractivity contribution is 5.96. The van der Waals surface area contributed by atoms with Crippen LogP contribution in [-0.2, 0) is 11.0 Å². The van der Waals surface area contributed by atoms with Gasteiger partial charge in [-0.25, -0.2) is 0 Å². The summed E-state index contributed by atoms with van der Waals surface area (Å²) in [5.74, 6) is -0.303. The number of piperidine rings is 1. The van der Waals surface area contributed by atoms with Crippen LogP contribution >= 0.6 is 0 Å². The van der Waals surface area contributed by atoms with Crippen molar-refractivity contribution >= 4 is 11.8 Å². The first-order valence-electron chi connectivity index (χ1n) is 10.1. The van der Waals surface area contributed by atoms with Crippen molar-refractivity contribution in [3.8, 4) is 5.75 Å².